The van der Waals surface area contributed by atoms with Crippen LogP contribution in [0.15, 0.2) is 46.4 Å². The molecular weight excluding hydrogens is 372 g/mol. The number of hydrogen-bond donors (Lipinski definition) is 0. The Balaban J connectivity index is -0.000000130. The number of rotatable bonds is 1. The molecule has 156 valence electrons. The van der Waals surface area contributed by atoms with Crippen molar-refractivity contribution in [2.24, 2.45) is 5.41 Å². The van der Waals surface area contributed by atoms with Crippen molar-refractivity contribution >= 4 is 0 Å². The Hall–Kier alpha value is -0.446. The quantitative estimate of drug-likeness (QED) is 0.484. The van der Waals surface area contributed by atoms with E-state index >= 15 is 0 Å². The zero-order chi connectivity index (χ0) is 22.5. The van der Waals surface area contributed by atoms with Crippen molar-refractivity contribution in [1.29, 1.82) is 0 Å². The van der Waals surface area contributed by atoms with Crippen LogP contribution in [0.2, 0.25) is 0 Å². The second-order valence-corrected chi connectivity index (χ2v) is 8.14. The Labute approximate surface area is 181 Å². The van der Waals surface area contributed by atoms with Crippen molar-refractivity contribution in [3.8, 4) is 0 Å². The van der Waals surface area contributed by atoms with Crippen LogP contribution in [0.5, 0.6) is 0 Å². The van der Waals surface area contributed by atoms with Crippen LogP contribution in [-0.2, 0) is 20.4 Å². The van der Waals surface area contributed by atoms with Gasteiger partial charge in [-0.1, -0.05) is 65.8 Å². The van der Waals surface area contributed by atoms with Gasteiger partial charge in [0.15, 0.2) is 0 Å². The van der Waals surface area contributed by atoms with E-state index in [0.717, 1.165) is 0 Å². The van der Waals surface area contributed by atoms with Crippen molar-refractivity contribution in [2.45, 2.75) is 94.0 Å². The molecule has 1 aliphatic carbocycles. The van der Waals surface area contributed by atoms with Gasteiger partial charge >= 0.3 is 68.2 Å². The van der Waals surface area contributed by atoms with Crippen LogP contribution in [0.3, 0.4) is 0 Å². The summed E-state index contributed by atoms with van der Waals surface area (Å²) in [4.78, 5) is 0. The molecule has 1 aliphatic rings. The van der Waals surface area contributed by atoms with Crippen LogP contribution >= 0.6 is 0 Å². The van der Waals surface area contributed by atoms with Gasteiger partial charge in [0.05, 0.1) is 0 Å². The van der Waals surface area contributed by atoms with Crippen LogP contribution in [-0.4, -0.2) is 18.3 Å². The molecule has 0 unspecified atom stereocenters. The molecule has 0 radical (unpaired) electrons. The molecular formula is C23H42O3Ti. The Bertz CT molecular complexity index is 371. The van der Waals surface area contributed by atoms with E-state index in [2.05, 4.69) is 52.5 Å². The maximum absolute atomic E-state index is 9.53. The third-order valence-electron chi connectivity index (χ3n) is 2.25. The topological polar surface area (TPSA) is 69.2 Å². The molecule has 3 nitrogen and oxygen atoms in total. The van der Waals surface area contributed by atoms with Gasteiger partial charge in [-0.3, -0.25) is 0 Å². The summed E-state index contributed by atoms with van der Waals surface area (Å²) in [5.41, 5.74) is 0.411. The van der Waals surface area contributed by atoms with E-state index in [4.69, 9.17) is 0 Å². The molecule has 0 bridgehead atoms. The van der Waals surface area contributed by atoms with Gasteiger partial charge in [-0.05, 0) is 13.8 Å². The third-order valence-corrected chi connectivity index (χ3v) is 3.57. The maximum Gasteiger partial charge on any atom is -0.0467 e. The smallest absolute Gasteiger partial charge is 0.0467 e. The molecule has 0 aliphatic heterocycles. The monoisotopic (exact) mass is 414 g/mol. The van der Waals surface area contributed by atoms with E-state index in [0.29, 0.717) is 5.41 Å². The normalized spacial score (nSPS) is 14.5. The first kappa shape index (κ1) is 34.1. The van der Waals surface area contributed by atoms with Crippen molar-refractivity contribution in [1.82, 2.24) is 0 Å². The predicted octanol–water partition coefficient (Wildman–Crippen LogP) is 3.81. The summed E-state index contributed by atoms with van der Waals surface area (Å²) in [6.07, 6.45) is 14.5. The Morgan fingerprint density at radius 3 is 1.30 bits per heavy atom. The second kappa shape index (κ2) is 23.6. The zero-order valence-electron chi connectivity index (χ0n) is 19.2. The fourth-order valence-corrected chi connectivity index (χ4v) is 1.39. The number of allylic oxidation sites excluding steroid dienone is 8. The molecule has 0 aromatic rings. The molecule has 0 atom stereocenters. The van der Waals surface area contributed by atoms with Crippen molar-refractivity contribution in [2.75, 3.05) is 0 Å². The van der Waals surface area contributed by atoms with E-state index in [1.165, 1.54) is 10.3 Å². The second-order valence-electron chi connectivity index (χ2n) is 7.29. The first-order valence-corrected chi connectivity index (χ1v) is 10.3. The van der Waals surface area contributed by atoms with Gasteiger partial charge in [0.1, 0.15) is 0 Å². The van der Waals surface area contributed by atoms with Gasteiger partial charge in [-0.25, -0.2) is 0 Å². The third kappa shape index (κ3) is 51.7. The van der Waals surface area contributed by atoms with E-state index in [9.17, 15) is 15.3 Å². The van der Waals surface area contributed by atoms with Crippen LogP contribution in [0.25, 0.3) is 0 Å². The summed E-state index contributed by atoms with van der Waals surface area (Å²) >= 11 is 2.20. The fraction of sp³-hybridized carbons (Fsp3) is 0.652. The summed E-state index contributed by atoms with van der Waals surface area (Å²) in [6.45, 7) is 18.2. The van der Waals surface area contributed by atoms with E-state index in [-0.39, 0.29) is 0 Å². The summed E-state index contributed by atoms with van der Waals surface area (Å²) in [6, 6.07) is 0. The van der Waals surface area contributed by atoms with Crippen molar-refractivity contribution in [3.05, 3.63) is 46.4 Å². The molecule has 0 amide bonds. The zero-order valence-corrected chi connectivity index (χ0v) is 20.8. The van der Waals surface area contributed by atoms with Gasteiger partial charge in [0.2, 0.25) is 0 Å². The van der Waals surface area contributed by atoms with E-state index in [1.807, 2.05) is 38.2 Å². The fourth-order valence-electron chi connectivity index (χ4n) is 1.08. The Morgan fingerprint density at radius 2 is 1.15 bits per heavy atom. The molecule has 0 saturated carbocycles. The first-order chi connectivity index (χ1) is 12.2. The average Bonchev–Trinajstić information content (AvgIpc) is 2.47. The molecule has 1 rings (SSSR count). The SMILES string of the molecule is CC(C)[O-].CC(C)[O-].CC(C)[O-].CC1(C)CC=CC=[C]1[Ti+3].CC=CC=CC. The van der Waals surface area contributed by atoms with Crippen LogP contribution in [0.4, 0.5) is 0 Å². The van der Waals surface area contributed by atoms with Gasteiger partial charge in [-0.2, -0.15) is 0 Å². The minimum Gasteiger partial charge on any atom is -0.0877 e. The number of hydrogen-bond acceptors (Lipinski definition) is 3. The molecule has 0 aromatic heterocycles. The molecule has 4 heteroatoms. The van der Waals surface area contributed by atoms with Gasteiger partial charge in [0, 0.05) is 0 Å². The van der Waals surface area contributed by atoms with Crippen molar-refractivity contribution in [3.63, 3.8) is 0 Å². The largest absolute Gasteiger partial charge is 0.0877 e. The molecule has 0 spiro atoms. The van der Waals surface area contributed by atoms with Crippen molar-refractivity contribution < 1.29 is 35.8 Å². The van der Waals surface area contributed by atoms with Crippen LogP contribution in [0.1, 0.15) is 75.7 Å². The molecule has 27 heavy (non-hydrogen) atoms. The van der Waals surface area contributed by atoms with Gasteiger partial charge < -0.3 is 15.3 Å². The summed E-state index contributed by atoms with van der Waals surface area (Å²) in [5, 5.41) is 28.6. The minimum atomic E-state index is -0.417. The van der Waals surface area contributed by atoms with Crippen LogP contribution < -0.4 is 15.3 Å². The molecule has 0 aromatic carbocycles. The van der Waals surface area contributed by atoms with Gasteiger partial charge in [-0.15, -0.1) is 18.3 Å². The molecule has 0 heterocycles. The molecule has 0 saturated heterocycles. The molecule has 0 N–H and O–H groups in total. The Kier molecular flexibility index (Phi) is 29.8. The first-order valence-electron chi connectivity index (χ1n) is 9.54. The predicted molar refractivity (Wildman–Crippen MR) is 111 cm³/mol. The minimum absolute atomic E-state index is 0.411. The van der Waals surface area contributed by atoms with E-state index in [1.54, 1.807) is 41.5 Å². The summed E-state index contributed by atoms with van der Waals surface area (Å²) in [5.74, 6) is 0. The average molecular weight is 414 g/mol. The summed E-state index contributed by atoms with van der Waals surface area (Å²) in [7, 11) is 0. The van der Waals surface area contributed by atoms with E-state index < -0.39 is 18.3 Å². The van der Waals surface area contributed by atoms with Gasteiger partial charge in [0.25, 0.3) is 0 Å². The maximum atomic E-state index is 9.53. The van der Waals surface area contributed by atoms with Crippen LogP contribution in [0, 0.1) is 5.41 Å². The summed E-state index contributed by atoms with van der Waals surface area (Å²) < 4.78 is 1.49. The Morgan fingerprint density at radius 1 is 0.852 bits per heavy atom. The molecule has 0 fully saturated rings. The standard InChI is InChI=1S/C8H11.C6H10.3C3H7O.Ti/c1-8(2)6-4-3-5-7-8;1-3-5-6-4-2;3*1-3(2)4;/h3-5H,6H2,1-2H3;3-6H,1-2H3;3*3H,1-2H3;/q;;3*-1;+3.